The van der Waals surface area contributed by atoms with Gasteiger partial charge in [-0.3, -0.25) is 10.1 Å². The topological polar surface area (TPSA) is 32.3 Å². The molecule has 80 valence electrons. The van der Waals surface area contributed by atoms with Crippen LogP contribution in [0.4, 0.5) is 0 Å². The van der Waals surface area contributed by atoms with Crippen LogP contribution in [0.1, 0.15) is 26.2 Å². The number of hydrogen-bond donors (Lipinski definition) is 1. The van der Waals surface area contributed by atoms with E-state index in [9.17, 15) is 4.79 Å². The second kappa shape index (κ2) is 3.74. The first-order valence-electron chi connectivity index (χ1n) is 5.24. The zero-order chi connectivity index (χ0) is 10.2. The second-order valence-corrected chi connectivity index (χ2v) is 5.64. The largest absolute Gasteiger partial charge is 0.327 e. The predicted molar refractivity (Wildman–Crippen MR) is 59.3 cm³/mol. The molecule has 0 aromatic rings. The third kappa shape index (κ3) is 1.65. The molecule has 2 rings (SSSR count). The van der Waals surface area contributed by atoms with Crippen molar-refractivity contribution in [2.75, 3.05) is 19.5 Å². The van der Waals surface area contributed by atoms with E-state index < -0.39 is 0 Å². The van der Waals surface area contributed by atoms with Crippen LogP contribution >= 0.6 is 11.8 Å². The van der Waals surface area contributed by atoms with Gasteiger partial charge in [0, 0.05) is 11.3 Å². The highest BCUT2D eigenvalue weighted by Gasteiger charge is 2.40. The fourth-order valence-corrected chi connectivity index (χ4v) is 3.15. The van der Waals surface area contributed by atoms with Crippen LogP contribution in [0, 0.1) is 0 Å². The van der Waals surface area contributed by atoms with Crippen molar-refractivity contribution in [2.45, 2.75) is 37.0 Å². The summed E-state index contributed by atoms with van der Waals surface area (Å²) in [7, 11) is 0. The molecule has 3 nitrogen and oxygen atoms in total. The minimum atomic E-state index is 0.0222. The van der Waals surface area contributed by atoms with E-state index in [0.29, 0.717) is 4.75 Å². The molecule has 14 heavy (non-hydrogen) atoms. The van der Waals surface area contributed by atoms with Crippen LogP contribution in [-0.4, -0.2) is 41.1 Å². The molecule has 1 saturated carbocycles. The standard InChI is InChI=1S/C10H18N2OS/c1-8-9(13)12(7-11-8)6-10(14-2)4-3-5-10/h8,11H,3-7H2,1-2H3. The quantitative estimate of drug-likeness (QED) is 0.762. The zero-order valence-electron chi connectivity index (χ0n) is 8.88. The number of carbonyl (C=O) groups is 1. The normalized spacial score (nSPS) is 30.6. The van der Waals surface area contributed by atoms with Crippen molar-refractivity contribution in [1.82, 2.24) is 10.2 Å². The van der Waals surface area contributed by atoms with Gasteiger partial charge < -0.3 is 4.90 Å². The smallest absolute Gasteiger partial charge is 0.240 e. The highest BCUT2D eigenvalue weighted by molar-refractivity contribution is 8.00. The summed E-state index contributed by atoms with van der Waals surface area (Å²) in [4.78, 5) is 13.7. The Bertz CT molecular complexity index is 235. The maximum Gasteiger partial charge on any atom is 0.240 e. The van der Waals surface area contributed by atoms with Crippen LogP contribution in [0.2, 0.25) is 0 Å². The van der Waals surface area contributed by atoms with Gasteiger partial charge in [0.15, 0.2) is 0 Å². The SMILES string of the molecule is CSC1(CN2CNC(C)C2=O)CCC1. The van der Waals surface area contributed by atoms with Crippen molar-refractivity contribution in [2.24, 2.45) is 0 Å². The second-order valence-electron chi connectivity index (χ2n) is 4.36. The Balaban J connectivity index is 1.94. The summed E-state index contributed by atoms with van der Waals surface area (Å²) in [6.07, 6.45) is 6.03. The zero-order valence-corrected chi connectivity index (χ0v) is 9.69. The highest BCUT2D eigenvalue weighted by atomic mass is 32.2. The third-order valence-corrected chi connectivity index (χ3v) is 4.85. The Morgan fingerprint density at radius 2 is 2.36 bits per heavy atom. The van der Waals surface area contributed by atoms with Crippen LogP contribution in [-0.2, 0) is 4.79 Å². The monoisotopic (exact) mass is 214 g/mol. The van der Waals surface area contributed by atoms with Crippen molar-refractivity contribution < 1.29 is 4.79 Å². The maximum atomic E-state index is 11.7. The number of amides is 1. The first-order chi connectivity index (χ1) is 6.67. The molecule has 0 bridgehead atoms. The predicted octanol–water partition coefficient (Wildman–Crippen LogP) is 1.05. The molecule has 1 saturated heterocycles. The number of nitrogens with one attached hydrogen (secondary N) is 1. The minimum Gasteiger partial charge on any atom is -0.327 e. The van der Waals surface area contributed by atoms with E-state index in [0.717, 1.165) is 13.2 Å². The van der Waals surface area contributed by atoms with Crippen molar-refractivity contribution >= 4 is 17.7 Å². The molecule has 1 unspecified atom stereocenters. The molecule has 2 aliphatic rings. The van der Waals surface area contributed by atoms with Crippen molar-refractivity contribution in [3.8, 4) is 0 Å². The third-order valence-electron chi connectivity index (χ3n) is 3.45. The minimum absolute atomic E-state index is 0.0222. The molecular weight excluding hydrogens is 196 g/mol. The lowest BCUT2D eigenvalue weighted by Crippen LogP contribution is -2.46. The summed E-state index contributed by atoms with van der Waals surface area (Å²) >= 11 is 1.93. The fourth-order valence-electron chi connectivity index (χ4n) is 2.17. The van der Waals surface area contributed by atoms with E-state index in [1.807, 2.05) is 23.6 Å². The highest BCUT2D eigenvalue weighted by Crippen LogP contribution is 2.43. The van der Waals surface area contributed by atoms with Gasteiger partial charge in [0.1, 0.15) is 0 Å². The van der Waals surface area contributed by atoms with Gasteiger partial charge in [0.25, 0.3) is 0 Å². The Morgan fingerprint density at radius 3 is 2.71 bits per heavy atom. The Kier molecular flexibility index (Phi) is 2.75. The molecule has 1 aliphatic carbocycles. The molecule has 1 N–H and O–H groups in total. The summed E-state index contributed by atoms with van der Waals surface area (Å²) in [5.41, 5.74) is 0. The van der Waals surface area contributed by atoms with Crippen LogP contribution in [0.3, 0.4) is 0 Å². The summed E-state index contributed by atoms with van der Waals surface area (Å²) in [6.45, 7) is 3.61. The van der Waals surface area contributed by atoms with E-state index in [1.165, 1.54) is 19.3 Å². The lowest BCUT2D eigenvalue weighted by Gasteiger charge is -2.42. The first kappa shape index (κ1) is 10.3. The Morgan fingerprint density at radius 1 is 1.64 bits per heavy atom. The number of thioether (sulfide) groups is 1. The summed E-state index contributed by atoms with van der Waals surface area (Å²) in [6, 6.07) is 0.0222. The molecular formula is C10H18N2OS. The van der Waals surface area contributed by atoms with Gasteiger partial charge >= 0.3 is 0 Å². The lowest BCUT2D eigenvalue weighted by atomic mass is 9.84. The summed E-state index contributed by atoms with van der Waals surface area (Å²) in [5, 5.41) is 3.18. The van der Waals surface area contributed by atoms with Crippen LogP contribution in [0.25, 0.3) is 0 Å². The molecule has 0 radical (unpaired) electrons. The van der Waals surface area contributed by atoms with Crippen molar-refractivity contribution in [3.63, 3.8) is 0 Å². The molecule has 4 heteroatoms. The van der Waals surface area contributed by atoms with E-state index in [2.05, 4.69) is 11.6 Å². The summed E-state index contributed by atoms with van der Waals surface area (Å²) < 4.78 is 0.376. The average molecular weight is 214 g/mol. The number of hydrogen-bond acceptors (Lipinski definition) is 3. The van der Waals surface area contributed by atoms with Crippen molar-refractivity contribution in [3.05, 3.63) is 0 Å². The Hall–Kier alpha value is -0.220. The lowest BCUT2D eigenvalue weighted by molar-refractivity contribution is -0.129. The molecule has 1 atom stereocenters. The van der Waals surface area contributed by atoms with Gasteiger partial charge in [-0.15, -0.1) is 0 Å². The fraction of sp³-hybridized carbons (Fsp3) is 0.900. The molecule has 1 heterocycles. The van der Waals surface area contributed by atoms with Gasteiger partial charge in [0.2, 0.25) is 5.91 Å². The molecule has 0 aromatic heterocycles. The number of nitrogens with zero attached hydrogens (tertiary/aromatic N) is 1. The first-order valence-corrected chi connectivity index (χ1v) is 6.47. The van der Waals surface area contributed by atoms with E-state index in [-0.39, 0.29) is 11.9 Å². The van der Waals surface area contributed by atoms with E-state index in [1.54, 1.807) is 0 Å². The number of carbonyl (C=O) groups excluding carboxylic acids is 1. The van der Waals surface area contributed by atoms with Crippen molar-refractivity contribution in [1.29, 1.82) is 0 Å². The molecule has 1 aliphatic heterocycles. The van der Waals surface area contributed by atoms with E-state index in [4.69, 9.17) is 0 Å². The van der Waals surface area contributed by atoms with Gasteiger partial charge in [0.05, 0.1) is 12.7 Å². The summed E-state index contributed by atoms with van der Waals surface area (Å²) in [5.74, 6) is 0.269. The van der Waals surface area contributed by atoms with Gasteiger partial charge in [-0.25, -0.2) is 0 Å². The molecule has 0 aromatic carbocycles. The maximum absolute atomic E-state index is 11.7. The molecule has 1 amide bonds. The number of rotatable bonds is 3. The van der Waals surface area contributed by atoms with Gasteiger partial charge in [-0.1, -0.05) is 6.42 Å². The van der Waals surface area contributed by atoms with Gasteiger partial charge in [-0.2, -0.15) is 11.8 Å². The molecule has 2 fully saturated rings. The Labute approximate surface area is 89.6 Å². The van der Waals surface area contributed by atoms with Crippen LogP contribution in [0.15, 0.2) is 0 Å². The van der Waals surface area contributed by atoms with Crippen LogP contribution in [0.5, 0.6) is 0 Å². The van der Waals surface area contributed by atoms with E-state index >= 15 is 0 Å². The van der Waals surface area contributed by atoms with Gasteiger partial charge in [-0.05, 0) is 26.0 Å². The van der Waals surface area contributed by atoms with Crippen LogP contribution < -0.4 is 5.32 Å². The molecule has 0 spiro atoms. The average Bonchev–Trinajstić information content (AvgIpc) is 2.42.